The molecule has 0 aromatic heterocycles. The van der Waals surface area contributed by atoms with Gasteiger partial charge in [-0.2, -0.15) is 0 Å². The van der Waals surface area contributed by atoms with Gasteiger partial charge < -0.3 is 5.11 Å². The fourth-order valence-electron chi connectivity index (χ4n) is 3.55. The second-order valence-corrected chi connectivity index (χ2v) is 9.25. The Bertz CT molecular complexity index is 982. The van der Waals surface area contributed by atoms with Gasteiger partial charge in [0.05, 0.1) is 0 Å². The van der Waals surface area contributed by atoms with E-state index in [2.05, 4.69) is 20.8 Å². The van der Waals surface area contributed by atoms with Gasteiger partial charge in [0.2, 0.25) is 0 Å². The zero-order valence-corrected chi connectivity index (χ0v) is 26.0. The lowest BCUT2D eigenvalue weighted by molar-refractivity contribution is 0.474. The van der Waals surface area contributed by atoms with Crippen molar-refractivity contribution in [3.63, 3.8) is 0 Å². The summed E-state index contributed by atoms with van der Waals surface area (Å²) in [7, 11) is 0. The number of aromatic hydroxyl groups is 1. The second-order valence-electron chi connectivity index (χ2n) is 9.25. The highest BCUT2D eigenvalue weighted by Crippen LogP contribution is 2.26. The lowest BCUT2D eigenvalue weighted by atomic mass is 9.99. The van der Waals surface area contributed by atoms with Gasteiger partial charge in [-0.05, 0) is 85.7 Å². The molecular formula is C35H54F2O. The molecular weight excluding hydrogens is 474 g/mol. The van der Waals surface area contributed by atoms with E-state index in [-0.39, 0.29) is 5.56 Å². The lowest BCUT2D eigenvalue weighted by Crippen LogP contribution is -1.91. The Morgan fingerprint density at radius 2 is 1.18 bits per heavy atom. The predicted molar refractivity (Wildman–Crippen MR) is 165 cm³/mol. The van der Waals surface area contributed by atoms with Crippen LogP contribution in [0.25, 0.3) is 11.1 Å². The number of halogens is 2. The van der Waals surface area contributed by atoms with Gasteiger partial charge in [0.1, 0.15) is 17.4 Å². The van der Waals surface area contributed by atoms with Gasteiger partial charge in [-0.3, -0.25) is 0 Å². The summed E-state index contributed by atoms with van der Waals surface area (Å²) >= 11 is 0. The molecule has 0 bridgehead atoms. The number of aryl methyl sites for hydroxylation is 3. The van der Waals surface area contributed by atoms with Crippen LogP contribution in [0.3, 0.4) is 0 Å². The maximum absolute atomic E-state index is 13.4. The lowest BCUT2D eigenvalue weighted by Gasteiger charge is -2.07. The summed E-state index contributed by atoms with van der Waals surface area (Å²) in [5, 5.41) is 8.94. The molecule has 0 unspecified atom stereocenters. The molecule has 3 aromatic rings. The van der Waals surface area contributed by atoms with Gasteiger partial charge in [0.25, 0.3) is 0 Å². The van der Waals surface area contributed by atoms with Gasteiger partial charge in [0, 0.05) is 5.56 Å². The monoisotopic (exact) mass is 528 g/mol. The first-order valence-corrected chi connectivity index (χ1v) is 14.4. The van der Waals surface area contributed by atoms with Crippen molar-refractivity contribution in [3.05, 3.63) is 88.5 Å². The maximum atomic E-state index is 13.4. The Balaban J connectivity index is 0. The summed E-state index contributed by atoms with van der Waals surface area (Å²) in [5.74, 6) is 0.389. The zero-order chi connectivity index (χ0) is 29.7. The highest BCUT2D eigenvalue weighted by Gasteiger charge is 2.09. The summed E-state index contributed by atoms with van der Waals surface area (Å²) < 4.78 is 26.8. The molecule has 4 rings (SSSR count). The van der Waals surface area contributed by atoms with Crippen molar-refractivity contribution < 1.29 is 13.9 Å². The molecule has 1 fully saturated rings. The summed E-state index contributed by atoms with van der Waals surface area (Å²) in [6.45, 7) is 22.0. The van der Waals surface area contributed by atoms with E-state index in [4.69, 9.17) is 5.11 Å². The van der Waals surface area contributed by atoms with Crippen molar-refractivity contribution in [2.24, 2.45) is 5.92 Å². The van der Waals surface area contributed by atoms with E-state index in [1.807, 2.05) is 78.8 Å². The Morgan fingerprint density at radius 3 is 1.55 bits per heavy atom. The van der Waals surface area contributed by atoms with E-state index >= 15 is 0 Å². The molecule has 0 heterocycles. The van der Waals surface area contributed by atoms with Gasteiger partial charge in [0.15, 0.2) is 0 Å². The molecule has 38 heavy (non-hydrogen) atoms. The first-order chi connectivity index (χ1) is 18.1. The first-order valence-electron chi connectivity index (χ1n) is 14.4. The predicted octanol–water partition coefficient (Wildman–Crippen LogP) is 11.9. The van der Waals surface area contributed by atoms with Crippen LogP contribution in [0.1, 0.15) is 103 Å². The van der Waals surface area contributed by atoms with Crippen LogP contribution in [-0.2, 0) is 0 Å². The van der Waals surface area contributed by atoms with Gasteiger partial charge in [-0.1, -0.05) is 111 Å². The smallest absolute Gasteiger partial charge is 0.129 e. The minimum Gasteiger partial charge on any atom is -0.508 e. The topological polar surface area (TPSA) is 20.2 Å². The van der Waals surface area contributed by atoms with Crippen molar-refractivity contribution in [2.75, 3.05) is 0 Å². The van der Waals surface area contributed by atoms with Crippen LogP contribution in [0.2, 0.25) is 0 Å². The average Bonchev–Trinajstić information content (AvgIpc) is 3.39. The van der Waals surface area contributed by atoms with E-state index in [9.17, 15) is 8.78 Å². The maximum Gasteiger partial charge on any atom is 0.129 e. The van der Waals surface area contributed by atoms with E-state index in [0.717, 1.165) is 22.6 Å². The standard InChI is InChI=1S/C14H12F2.C8H10O.C6H12.C3H8.2C2H6/c1-9-5-3-4-6-12(9)11-7-13(15)10(2)14(16)8-11;1-6-3-4-8(9)5-7(6)2;1-6-4-2-3-5-6;1-3-2;2*1-2/h3-8H,1-2H3;3-5,9H,1-2H3;6H,2-5H2,1H3;3H2,1-2H3;2*1-2H3. The van der Waals surface area contributed by atoms with Crippen LogP contribution in [0.15, 0.2) is 54.6 Å². The Hall–Kier alpha value is -2.68. The molecule has 1 nitrogen and oxygen atoms in total. The molecule has 0 aliphatic heterocycles. The first kappa shape index (κ1) is 37.5. The Morgan fingerprint density at radius 1 is 0.711 bits per heavy atom. The van der Waals surface area contributed by atoms with E-state index in [1.54, 1.807) is 12.1 Å². The number of hydrogen-bond acceptors (Lipinski definition) is 1. The number of rotatable bonds is 1. The molecule has 0 atom stereocenters. The number of phenolic OH excluding ortho intramolecular Hbond substituents is 1. The summed E-state index contributed by atoms with van der Waals surface area (Å²) in [5.41, 5.74) is 4.87. The van der Waals surface area contributed by atoms with Crippen LogP contribution in [-0.4, -0.2) is 5.11 Å². The molecule has 0 amide bonds. The van der Waals surface area contributed by atoms with Crippen LogP contribution >= 0.6 is 0 Å². The third-order valence-corrected chi connectivity index (χ3v) is 5.87. The number of benzene rings is 3. The van der Waals surface area contributed by atoms with Gasteiger partial charge >= 0.3 is 0 Å². The Kier molecular flexibility index (Phi) is 22.0. The van der Waals surface area contributed by atoms with Gasteiger partial charge in [-0.25, -0.2) is 8.78 Å². The highest BCUT2D eigenvalue weighted by atomic mass is 19.1. The third kappa shape index (κ3) is 14.9. The molecule has 214 valence electrons. The molecule has 1 N–H and O–H groups in total. The van der Waals surface area contributed by atoms with Crippen molar-refractivity contribution in [1.29, 1.82) is 0 Å². The second kappa shape index (κ2) is 22.3. The summed E-state index contributed by atoms with van der Waals surface area (Å²) in [6, 6.07) is 15.7. The molecule has 3 aromatic carbocycles. The van der Waals surface area contributed by atoms with Crippen molar-refractivity contribution in [3.8, 4) is 16.9 Å². The van der Waals surface area contributed by atoms with Crippen molar-refractivity contribution >= 4 is 0 Å². The highest BCUT2D eigenvalue weighted by molar-refractivity contribution is 5.67. The third-order valence-electron chi connectivity index (χ3n) is 5.87. The average molecular weight is 529 g/mol. The molecule has 1 aliphatic carbocycles. The quantitative estimate of drug-likeness (QED) is 0.333. The minimum atomic E-state index is -0.502. The van der Waals surface area contributed by atoms with Crippen molar-refractivity contribution in [1.82, 2.24) is 0 Å². The van der Waals surface area contributed by atoms with Crippen LogP contribution in [0, 0.1) is 45.2 Å². The summed E-state index contributed by atoms with van der Waals surface area (Å²) in [6.07, 6.45) is 7.20. The van der Waals surface area contributed by atoms with E-state index < -0.39 is 11.6 Å². The fourth-order valence-corrected chi connectivity index (χ4v) is 3.55. The largest absolute Gasteiger partial charge is 0.508 e. The minimum absolute atomic E-state index is 0.0670. The zero-order valence-electron chi connectivity index (χ0n) is 26.0. The molecule has 1 saturated carbocycles. The van der Waals surface area contributed by atoms with Crippen LogP contribution in [0.5, 0.6) is 5.75 Å². The summed E-state index contributed by atoms with van der Waals surface area (Å²) in [4.78, 5) is 0. The van der Waals surface area contributed by atoms with E-state index in [0.29, 0.717) is 11.3 Å². The van der Waals surface area contributed by atoms with E-state index in [1.165, 1.54) is 56.7 Å². The van der Waals surface area contributed by atoms with Crippen LogP contribution in [0.4, 0.5) is 8.78 Å². The van der Waals surface area contributed by atoms with Crippen molar-refractivity contribution in [2.45, 2.75) is 108 Å². The molecule has 0 radical (unpaired) electrons. The number of hydrogen-bond donors (Lipinski definition) is 1. The normalized spacial score (nSPS) is 11.5. The fraction of sp³-hybridized carbons (Fsp3) is 0.486. The Labute approximate surface area is 233 Å². The SMILES string of the molecule is CC.CC.CC1CCCC1.CCC.Cc1ccc(O)cc1C.Cc1ccccc1-c1cc(F)c(C)c(F)c1. The molecule has 0 spiro atoms. The van der Waals surface area contributed by atoms with Crippen LogP contribution < -0.4 is 0 Å². The number of phenols is 1. The van der Waals surface area contributed by atoms with Gasteiger partial charge in [-0.15, -0.1) is 0 Å². The molecule has 0 saturated heterocycles. The molecule has 1 aliphatic rings. The molecule has 3 heteroatoms.